The van der Waals surface area contributed by atoms with Crippen molar-refractivity contribution in [2.24, 2.45) is 0 Å². The Morgan fingerprint density at radius 2 is 1.69 bits per heavy atom. The van der Waals surface area contributed by atoms with Gasteiger partial charge in [-0.05, 0) is 70.5 Å². The molecule has 0 aromatic heterocycles. The first kappa shape index (κ1) is 27.0. The van der Waals surface area contributed by atoms with Crippen LogP contribution >= 0.6 is 0 Å². The van der Waals surface area contributed by atoms with Crippen molar-refractivity contribution in [2.45, 2.75) is 58.5 Å². The molecule has 190 valence electrons. The third-order valence-electron chi connectivity index (χ3n) is 6.07. The van der Waals surface area contributed by atoms with E-state index >= 15 is 0 Å². The molecule has 0 heterocycles. The van der Waals surface area contributed by atoms with Crippen LogP contribution < -0.4 is 9.47 Å². The van der Waals surface area contributed by atoms with Crippen molar-refractivity contribution in [3.05, 3.63) is 95.3 Å². The van der Waals surface area contributed by atoms with Gasteiger partial charge in [-0.15, -0.1) is 0 Å². The van der Waals surface area contributed by atoms with Crippen molar-refractivity contribution in [2.75, 3.05) is 7.11 Å². The summed E-state index contributed by atoms with van der Waals surface area (Å²) in [6, 6.07) is 18.3. The fourth-order valence-electron chi connectivity index (χ4n) is 4.16. The predicted octanol–water partition coefficient (Wildman–Crippen LogP) is 7.90. The second-order valence-corrected chi connectivity index (χ2v) is 9.87. The van der Waals surface area contributed by atoms with Crippen LogP contribution in [0.4, 0.5) is 4.39 Å². The highest BCUT2D eigenvalue weighted by molar-refractivity contribution is 5.71. The average Bonchev–Trinajstić information content (AvgIpc) is 2.85. The first-order chi connectivity index (χ1) is 17.1. The lowest BCUT2D eigenvalue weighted by molar-refractivity contribution is -0.137. The van der Waals surface area contributed by atoms with Crippen molar-refractivity contribution in [1.29, 1.82) is 0 Å². The summed E-state index contributed by atoms with van der Waals surface area (Å²) in [5.74, 6) is -0.0305. The molecule has 0 aliphatic carbocycles. The van der Waals surface area contributed by atoms with E-state index in [-0.39, 0.29) is 23.6 Å². The number of methoxy groups -OCH3 is 1. The summed E-state index contributed by atoms with van der Waals surface area (Å²) in [5.41, 5.74) is 4.01. The molecule has 0 bridgehead atoms. The van der Waals surface area contributed by atoms with Gasteiger partial charge < -0.3 is 14.6 Å². The number of carboxylic acids is 1. The summed E-state index contributed by atoms with van der Waals surface area (Å²) in [5, 5.41) is 9.24. The number of hydrogen-bond donors (Lipinski definition) is 1. The van der Waals surface area contributed by atoms with E-state index in [4.69, 9.17) is 9.47 Å². The Balaban J connectivity index is 1.84. The Morgan fingerprint density at radius 3 is 2.31 bits per heavy atom. The van der Waals surface area contributed by atoms with Crippen molar-refractivity contribution in [3.63, 3.8) is 0 Å². The minimum Gasteiger partial charge on any atom is -0.497 e. The summed E-state index contributed by atoms with van der Waals surface area (Å²) in [4.78, 5) is 11.3. The molecule has 3 rings (SSSR count). The first-order valence-corrected chi connectivity index (χ1v) is 12.2. The zero-order valence-corrected chi connectivity index (χ0v) is 21.7. The van der Waals surface area contributed by atoms with Crippen LogP contribution in [-0.2, 0) is 16.8 Å². The standard InChI is InChI=1S/C31H35FO4/c1-6-7-8-23(18-30(33)34)22-10-12-24(13-11-22)36-20-21-9-15-28(31(2,3)4)26(17-21)27-19-25(35-5)14-16-29(27)32/h7-17,19,23H,6,18,20H2,1-5H3,(H,33,34)/b8-7-. The molecule has 0 aliphatic rings. The number of allylic oxidation sites excluding steroid dienone is 2. The van der Waals surface area contributed by atoms with E-state index in [9.17, 15) is 14.3 Å². The number of hydrogen-bond acceptors (Lipinski definition) is 3. The maximum atomic E-state index is 14.9. The smallest absolute Gasteiger partial charge is 0.304 e. The van der Waals surface area contributed by atoms with E-state index in [1.54, 1.807) is 19.2 Å². The molecule has 0 aliphatic heterocycles. The van der Waals surface area contributed by atoms with Crippen molar-refractivity contribution >= 4 is 5.97 Å². The number of benzene rings is 3. The molecule has 1 atom stereocenters. The lowest BCUT2D eigenvalue weighted by Crippen LogP contribution is -2.13. The monoisotopic (exact) mass is 490 g/mol. The molecule has 1 unspecified atom stereocenters. The normalized spacial score (nSPS) is 12.5. The lowest BCUT2D eigenvalue weighted by Gasteiger charge is -2.24. The first-order valence-electron chi connectivity index (χ1n) is 12.2. The number of ether oxygens (including phenoxy) is 2. The highest BCUT2D eigenvalue weighted by Gasteiger charge is 2.21. The number of carboxylic acid groups (broad SMARTS) is 1. The zero-order chi connectivity index (χ0) is 26.3. The molecule has 0 saturated heterocycles. The van der Waals surface area contributed by atoms with Gasteiger partial charge in [-0.2, -0.15) is 0 Å². The summed E-state index contributed by atoms with van der Waals surface area (Å²) in [6.45, 7) is 8.66. The molecular weight excluding hydrogens is 455 g/mol. The van der Waals surface area contributed by atoms with Crippen molar-refractivity contribution < 1.29 is 23.8 Å². The SMILES string of the molecule is CC/C=C\C(CC(=O)O)c1ccc(OCc2ccc(C(C)(C)C)c(-c3cc(OC)ccc3F)c2)cc1. The van der Waals surface area contributed by atoms with Crippen LogP contribution in [0, 0.1) is 5.82 Å². The van der Waals surface area contributed by atoms with E-state index in [0.29, 0.717) is 23.7 Å². The van der Waals surface area contributed by atoms with Gasteiger partial charge in [0.25, 0.3) is 0 Å². The minimum absolute atomic E-state index is 0.0421. The Bertz CT molecular complexity index is 1210. The Hall–Kier alpha value is -3.60. The topological polar surface area (TPSA) is 55.8 Å². The second kappa shape index (κ2) is 11.9. The molecule has 0 spiro atoms. The number of halogens is 1. The van der Waals surface area contributed by atoms with Gasteiger partial charge >= 0.3 is 5.97 Å². The maximum Gasteiger partial charge on any atom is 0.304 e. The average molecular weight is 491 g/mol. The van der Waals surface area contributed by atoms with Gasteiger partial charge in [0.2, 0.25) is 0 Å². The van der Waals surface area contributed by atoms with Gasteiger partial charge in [-0.3, -0.25) is 4.79 Å². The lowest BCUT2D eigenvalue weighted by atomic mass is 9.81. The Labute approximate surface area is 213 Å². The van der Waals surface area contributed by atoms with Crippen LogP contribution in [0.2, 0.25) is 0 Å². The van der Waals surface area contributed by atoms with Gasteiger partial charge in [0, 0.05) is 11.5 Å². The molecule has 0 radical (unpaired) electrons. The van der Waals surface area contributed by atoms with E-state index in [2.05, 4.69) is 20.8 Å². The van der Waals surface area contributed by atoms with Crippen LogP contribution in [0.1, 0.15) is 63.1 Å². The number of rotatable bonds is 10. The summed E-state index contributed by atoms with van der Waals surface area (Å²) < 4.78 is 26.2. The summed E-state index contributed by atoms with van der Waals surface area (Å²) in [7, 11) is 1.57. The second-order valence-electron chi connectivity index (χ2n) is 9.87. The molecular formula is C31H35FO4. The summed E-state index contributed by atoms with van der Waals surface area (Å²) in [6.07, 6.45) is 4.83. The molecule has 0 saturated carbocycles. The van der Waals surface area contributed by atoms with Gasteiger partial charge in [0.15, 0.2) is 0 Å². The molecule has 3 aromatic rings. The van der Waals surface area contributed by atoms with E-state index in [0.717, 1.165) is 28.7 Å². The largest absolute Gasteiger partial charge is 0.497 e. The highest BCUT2D eigenvalue weighted by atomic mass is 19.1. The van der Waals surface area contributed by atoms with E-state index in [1.807, 2.05) is 61.5 Å². The zero-order valence-electron chi connectivity index (χ0n) is 21.7. The van der Waals surface area contributed by atoms with Gasteiger partial charge in [0.1, 0.15) is 23.9 Å². The van der Waals surface area contributed by atoms with Gasteiger partial charge in [-0.25, -0.2) is 4.39 Å². The molecule has 36 heavy (non-hydrogen) atoms. The van der Waals surface area contributed by atoms with Crippen LogP contribution in [0.5, 0.6) is 11.5 Å². The van der Waals surface area contributed by atoms with Crippen LogP contribution in [-0.4, -0.2) is 18.2 Å². The fraction of sp³-hybridized carbons (Fsp3) is 0.323. The summed E-state index contributed by atoms with van der Waals surface area (Å²) >= 11 is 0. The fourth-order valence-corrected chi connectivity index (χ4v) is 4.16. The quantitative estimate of drug-likeness (QED) is 0.294. The van der Waals surface area contributed by atoms with Crippen LogP contribution in [0.25, 0.3) is 11.1 Å². The number of aliphatic carboxylic acids is 1. The third-order valence-corrected chi connectivity index (χ3v) is 6.07. The Kier molecular flexibility index (Phi) is 8.92. The molecule has 1 N–H and O–H groups in total. The van der Waals surface area contributed by atoms with Gasteiger partial charge in [0.05, 0.1) is 13.5 Å². The van der Waals surface area contributed by atoms with Crippen molar-refractivity contribution in [1.82, 2.24) is 0 Å². The highest BCUT2D eigenvalue weighted by Crippen LogP contribution is 2.37. The molecule has 4 nitrogen and oxygen atoms in total. The molecule has 3 aromatic carbocycles. The number of carbonyl (C=O) groups is 1. The third kappa shape index (κ3) is 6.97. The van der Waals surface area contributed by atoms with E-state index < -0.39 is 5.97 Å². The molecule has 0 amide bonds. The molecule has 5 heteroatoms. The molecule has 0 fully saturated rings. The Morgan fingerprint density at radius 1 is 1.00 bits per heavy atom. The van der Waals surface area contributed by atoms with Gasteiger partial charge in [-0.1, -0.05) is 64.1 Å². The maximum absolute atomic E-state index is 14.9. The van der Waals surface area contributed by atoms with Crippen LogP contribution in [0.15, 0.2) is 72.8 Å². The van der Waals surface area contributed by atoms with Crippen LogP contribution in [0.3, 0.4) is 0 Å². The minimum atomic E-state index is -0.830. The van der Waals surface area contributed by atoms with E-state index in [1.165, 1.54) is 6.07 Å². The predicted molar refractivity (Wildman–Crippen MR) is 142 cm³/mol. The van der Waals surface area contributed by atoms with Crippen molar-refractivity contribution in [3.8, 4) is 22.6 Å².